The summed E-state index contributed by atoms with van der Waals surface area (Å²) in [6.45, 7) is 8.95. The van der Waals surface area contributed by atoms with E-state index >= 15 is 0 Å². The average Bonchev–Trinajstić information content (AvgIpc) is 3.21. The molecule has 0 amide bonds. The van der Waals surface area contributed by atoms with Gasteiger partial charge in [0.2, 0.25) is 0 Å². The van der Waals surface area contributed by atoms with Crippen LogP contribution < -0.4 is 0 Å². The van der Waals surface area contributed by atoms with Crippen molar-refractivity contribution in [3.63, 3.8) is 0 Å². The van der Waals surface area contributed by atoms with Crippen LogP contribution in [0.2, 0.25) is 0 Å². The first-order valence-electron chi connectivity index (χ1n) is 26.0. The van der Waals surface area contributed by atoms with Gasteiger partial charge in [-0.1, -0.05) is 259 Å². The molecule has 0 atom stereocenters. The van der Waals surface area contributed by atoms with E-state index in [-0.39, 0.29) is 21.7 Å². The molecular formula is C52H104O8Ti. The van der Waals surface area contributed by atoms with Gasteiger partial charge >= 0.3 is 23.9 Å². The van der Waals surface area contributed by atoms with Gasteiger partial charge in [0.05, 0.1) is 0 Å². The van der Waals surface area contributed by atoms with Crippen molar-refractivity contribution >= 4 is 23.9 Å². The number of carboxylic acid groups (broad SMARTS) is 4. The number of hydrogen-bond acceptors (Lipinski definition) is 4. The van der Waals surface area contributed by atoms with Crippen molar-refractivity contribution in [2.24, 2.45) is 0 Å². The molecule has 0 aromatic rings. The number of carboxylic acids is 4. The summed E-state index contributed by atoms with van der Waals surface area (Å²) < 4.78 is 0. The first-order chi connectivity index (χ1) is 29.1. The van der Waals surface area contributed by atoms with Crippen molar-refractivity contribution in [1.29, 1.82) is 0 Å². The van der Waals surface area contributed by atoms with Crippen LogP contribution in [0.4, 0.5) is 0 Å². The maximum absolute atomic E-state index is 10.2. The van der Waals surface area contributed by atoms with E-state index in [1.54, 1.807) is 0 Å². The Balaban J connectivity index is -0.000000227. The normalized spacial score (nSPS) is 10.3. The fourth-order valence-electron chi connectivity index (χ4n) is 7.05. The number of hydrogen-bond donors (Lipinski definition) is 4. The second kappa shape index (κ2) is 65.2. The first-order valence-corrected chi connectivity index (χ1v) is 26.0. The fourth-order valence-corrected chi connectivity index (χ4v) is 7.05. The Hall–Kier alpha value is -1.41. The summed E-state index contributed by atoms with van der Waals surface area (Å²) in [5.41, 5.74) is 0. The second-order valence-electron chi connectivity index (χ2n) is 17.3. The largest absolute Gasteiger partial charge is 0.481 e. The predicted octanol–water partition coefficient (Wildman–Crippen LogP) is 17.5. The van der Waals surface area contributed by atoms with Crippen LogP contribution in [0.25, 0.3) is 0 Å². The average molecular weight is 905 g/mol. The Bertz CT molecular complexity index is 717. The molecule has 0 aliphatic rings. The molecule has 0 spiro atoms. The molecule has 0 aliphatic carbocycles. The molecule has 0 aromatic carbocycles. The van der Waals surface area contributed by atoms with E-state index in [0.717, 1.165) is 51.4 Å². The number of unbranched alkanes of at least 4 members (excludes halogenated alkanes) is 36. The van der Waals surface area contributed by atoms with Gasteiger partial charge in [-0.3, -0.25) is 19.2 Å². The van der Waals surface area contributed by atoms with Gasteiger partial charge in [-0.05, 0) is 25.7 Å². The SMILES string of the molecule is CCCCCCCCCCCCC(=O)O.CCCCCCCCCCCCC(=O)O.CCCCCCCCCCCCC(=O)O.CCCCCCCCCCCCC(=O)O.[Ti]. The number of carbonyl (C=O) groups is 4. The molecule has 0 bridgehead atoms. The van der Waals surface area contributed by atoms with E-state index in [1.807, 2.05) is 0 Å². The molecule has 0 heterocycles. The Morgan fingerprint density at radius 2 is 0.311 bits per heavy atom. The van der Waals surface area contributed by atoms with Crippen molar-refractivity contribution in [3.8, 4) is 0 Å². The molecule has 0 rings (SSSR count). The van der Waals surface area contributed by atoms with Crippen LogP contribution in [0, 0.1) is 0 Å². The molecule has 364 valence electrons. The van der Waals surface area contributed by atoms with Crippen LogP contribution in [0.15, 0.2) is 0 Å². The molecule has 8 nitrogen and oxygen atoms in total. The van der Waals surface area contributed by atoms with Crippen LogP contribution in [0.1, 0.15) is 310 Å². The van der Waals surface area contributed by atoms with E-state index in [0.29, 0.717) is 25.7 Å². The van der Waals surface area contributed by atoms with Gasteiger partial charge in [0.15, 0.2) is 0 Å². The maximum atomic E-state index is 10.2. The molecule has 4 N–H and O–H groups in total. The molecule has 0 saturated carbocycles. The topological polar surface area (TPSA) is 149 Å². The third-order valence-electron chi connectivity index (χ3n) is 11.0. The van der Waals surface area contributed by atoms with E-state index in [2.05, 4.69) is 27.7 Å². The zero-order chi connectivity index (χ0) is 45.4. The van der Waals surface area contributed by atoms with Gasteiger partial charge in [0, 0.05) is 47.4 Å². The second-order valence-corrected chi connectivity index (χ2v) is 17.3. The standard InChI is InChI=1S/4C13H26O2.Ti/c4*1-2-3-4-5-6-7-8-9-10-11-12-13(14)15;/h4*2-12H2,1H3,(H,14,15);. The molecule has 0 radical (unpaired) electrons. The van der Waals surface area contributed by atoms with Crippen molar-refractivity contribution < 1.29 is 61.3 Å². The minimum Gasteiger partial charge on any atom is -0.481 e. The third-order valence-corrected chi connectivity index (χ3v) is 11.0. The minimum absolute atomic E-state index is 0. The molecule has 0 aromatic heterocycles. The molecule has 0 unspecified atom stereocenters. The van der Waals surface area contributed by atoms with Crippen LogP contribution in [-0.2, 0) is 40.9 Å². The summed E-state index contributed by atoms with van der Waals surface area (Å²) in [5.74, 6) is -2.63. The molecule has 0 aliphatic heterocycles. The van der Waals surface area contributed by atoms with E-state index in [4.69, 9.17) is 20.4 Å². The molecule has 0 saturated heterocycles. The third kappa shape index (κ3) is 86.4. The maximum Gasteiger partial charge on any atom is 0.303 e. The zero-order valence-corrected chi connectivity index (χ0v) is 42.6. The van der Waals surface area contributed by atoms with Crippen molar-refractivity contribution in [1.82, 2.24) is 0 Å². The van der Waals surface area contributed by atoms with E-state index in [1.165, 1.54) is 205 Å². The van der Waals surface area contributed by atoms with Crippen LogP contribution in [0.3, 0.4) is 0 Å². The zero-order valence-electron chi connectivity index (χ0n) is 41.0. The van der Waals surface area contributed by atoms with Gasteiger partial charge in [-0.15, -0.1) is 0 Å². The summed E-state index contributed by atoms with van der Waals surface area (Å²) in [6.07, 6.45) is 51.7. The molecule has 61 heavy (non-hydrogen) atoms. The monoisotopic (exact) mass is 905 g/mol. The van der Waals surface area contributed by atoms with Crippen molar-refractivity contribution in [2.45, 2.75) is 310 Å². The molecule has 0 fully saturated rings. The van der Waals surface area contributed by atoms with E-state index < -0.39 is 23.9 Å². The summed E-state index contributed by atoms with van der Waals surface area (Å²) in [7, 11) is 0. The number of aliphatic carboxylic acids is 4. The quantitative estimate of drug-likeness (QED) is 0.0349. The van der Waals surface area contributed by atoms with Gasteiger partial charge in [0.25, 0.3) is 0 Å². The Kier molecular flexibility index (Phi) is 73.4. The van der Waals surface area contributed by atoms with Crippen LogP contribution >= 0.6 is 0 Å². The number of rotatable bonds is 44. The summed E-state index contributed by atoms with van der Waals surface area (Å²) in [6, 6.07) is 0. The first kappa shape index (κ1) is 68.6. The van der Waals surface area contributed by atoms with Crippen LogP contribution in [-0.4, -0.2) is 44.3 Å². The smallest absolute Gasteiger partial charge is 0.303 e. The Labute approximate surface area is 393 Å². The van der Waals surface area contributed by atoms with Crippen LogP contribution in [0.5, 0.6) is 0 Å². The Morgan fingerprint density at radius 3 is 0.410 bits per heavy atom. The van der Waals surface area contributed by atoms with Crippen molar-refractivity contribution in [3.05, 3.63) is 0 Å². The summed E-state index contributed by atoms with van der Waals surface area (Å²) >= 11 is 0. The van der Waals surface area contributed by atoms with Gasteiger partial charge in [0.1, 0.15) is 0 Å². The molecular weight excluding hydrogens is 800 g/mol. The van der Waals surface area contributed by atoms with Gasteiger partial charge < -0.3 is 20.4 Å². The van der Waals surface area contributed by atoms with E-state index in [9.17, 15) is 19.2 Å². The van der Waals surface area contributed by atoms with Gasteiger partial charge in [-0.25, -0.2) is 0 Å². The Morgan fingerprint density at radius 1 is 0.213 bits per heavy atom. The predicted molar refractivity (Wildman–Crippen MR) is 256 cm³/mol. The summed E-state index contributed by atoms with van der Waals surface area (Å²) in [4.78, 5) is 40.9. The summed E-state index contributed by atoms with van der Waals surface area (Å²) in [5, 5.41) is 33.7. The minimum atomic E-state index is -0.658. The molecule has 9 heteroatoms. The van der Waals surface area contributed by atoms with Gasteiger partial charge in [-0.2, -0.15) is 0 Å². The van der Waals surface area contributed by atoms with Crippen molar-refractivity contribution in [2.75, 3.05) is 0 Å². The fraction of sp³-hybridized carbons (Fsp3) is 0.923.